The summed E-state index contributed by atoms with van der Waals surface area (Å²) in [6, 6.07) is 3.66. The average Bonchev–Trinajstić information content (AvgIpc) is 2.38. The number of likely N-dealkylation sites (N-methyl/N-ethyl adjacent to an activating group) is 1. The number of hydrogen-bond donors (Lipinski definition) is 1. The van der Waals surface area contributed by atoms with Crippen molar-refractivity contribution in [1.29, 1.82) is 0 Å². The number of hydrogen-bond acceptors (Lipinski definition) is 3. The van der Waals surface area contributed by atoms with Gasteiger partial charge in [-0.05, 0) is 32.0 Å². The molecule has 0 bridgehead atoms. The minimum atomic E-state index is -0.969. The smallest absolute Gasteiger partial charge is 0.256 e. The molecule has 108 valence electrons. The van der Waals surface area contributed by atoms with Crippen molar-refractivity contribution in [2.24, 2.45) is 0 Å². The van der Waals surface area contributed by atoms with Crippen LogP contribution in [0.15, 0.2) is 18.2 Å². The van der Waals surface area contributed by atoms with Crippen LogP contribution in [0.2, 0.25) is 0 Å². The Morgan fingerprint density at radius 1 is 1.35 bits per heavy atom. The predicted molar refractivity (Wildman–Crippen MR) is 73.6 cm³/mol. The molecule has 0 spiro atoms. The van der Waals surface area contributed by atoms with Crippen LogP contribution in [0.4, 0.5) is 10.1 Å². The van der Waals surface area contributed by atoms with E-state index in [9.17, 15) is 14.0 Å². The second kappa shape index (κ2) is 4.77. The molecule has 0 radical (unpaired) electrons. The van der Waals surface area contributed by atoms with E-state index in [0.29, 0.717) is 13.1 Å². The van der Waals surface area contributed by atoms with E-state index in [1.165, 1.54) is 17.0 Å². The molecular weight excluding hydrogens is 261 g/mol. The Bertz CT molecular complexity index is 572. The van der Waals surface area contributed by atoms with Crippen LogP contribution in [0, 0.1) is 5.82 Å². The van der Waals surface area contributed by atoms with Crippen molar-refractivity contribution in [1.82, 2.24) is 9.80 Å². The van der Waals surface area contributed by atoms with E-state index in [1.54, 1.807) is 25.8 Å². The number of amides is 2. The van der Waals surface area contributed by atoms with Gasteiger partial charge in [0.25, 0.3) is 5.91 Å². The summed E-state index contributed by atoms with van der Waals surface area (Å²) in [5.74, 6) is -1.10. The van der Waals surface area contributed by atoms with Crippen LogP contribution >= 0.6 is 0 Å². The highest BCUT2D eigenvalue weighted by molar-refractivity contribution is 6.02. The average molecular weight is 279 g/mol. The SMILES string of the molecule is CN1CCN(C(=O)c2cc(F)ccc2N)C(C)(C)C1=O. The lowest BCUT2D eigenvalue weighted by molar-refractivity contribution is -0.144. The lowest BCUT2D eigenvalue weighted by Crippen LogP contribution is -2.63. The number of piperazine rings is 1. The number of halogens is 1. The number of carbonyl (C=O) groups excluding carboxylic acids is 2. The molecule has 1 aromatic carbocycles. The monoisotopic (exact) mass is 279 g/mol. The topological polar surface area (TPSA) is 66.6 Å². The zero-order valence-corrected chi connectivity index (χ0v) is 11.8. The summed E-state index contributed by atoms with van der Waals surface area (Å²) in [5, 5.41) is 0. The van der Waals surface area contributed by atoms with E-state index in [0.717, 1.165) is 6.07 Å². The highest BCUT2D eigenvalue weighted by Crippen LogP contribution is 2.26. The van der Waals surface area contributed by atoms with E-state index in [-0.39, 0.29) is 17.2 Å². The maximum atomic E-state index is 13.3. The van der Waals surface area contributed by atoms with Gasteiger partial charge in [0, 0.05) is 25.8 Å². The largest absolute Gasteiger partial charge is 0.398 e. The summed E-state index contributed by atoms with van der Waals surface area (Å²) in [6.45, 7) is 4.20. The molecule has 2 amide bonds. The van der Waals surface area contributed by atoms with Crippen LogP contribution in [0.25, 0.3) is 0 Å². The summed E-state index contributed by atoms with van der Waals surface area (Å²) in [4.78, 5) is 27.7. The van der Waals surface area contributed by atoms with Crippen molar-refractivity contribution in [3.63, 3.8) is 0 Å². The van der Waals surface area contributed by atoms with Gasteiger partial charge >= 0.3 is 0 Å². The fraction of sp³-hybridized carbons (Fsp3) is 0.429. The van der Waals surface area contributed by atoms with Gasteiger partial charge in [-0.15, -0.1) is 0 Å². The number of anilines is 1. The maximum absolute atomic E-state index is 13.3. The van der Waals surface area contributed by atoms with Crippen LogP contribution in [-0.2, 0) is 4.79 Å². The first-order valence-electron chi connectivity index (χ1n) is 6.37. The fourth-order valence-corrected chi connectivity index (χ4v) is 2.43. The molecule has 0 saturated carbocycles. The van der Waals surface area contributed by atoms with E-state index < -0.39 is 17.3 Å². The molecule has 1 aliphatic heterocycles. The molecule has 5 nitrogen and oxygen atoms in total. The normalized spacial score (nSPS) is 18.3. The van der Waals surface area contributed by atoms with Gasteiger partial charge in [0.15, 0.2) is 0 Å². The molecule has 6 heteroatoms. The van der Waals surface area contributed by atoms with Gasteiger partial charge < -0.3 is 15.5 Å². The second-order valence-electron chi connectivity index (χ2n) is 5.47. The van der Waals surface area contributed by atoms with Crippen LogP contribution in [0.1, 0.15) is 24.2 Å². The Morgan fingerprint density at radius 2 is 2.00 bits per heavy atom. The molecule has 2 rings (SSSR count). The number of carbonyl (C=O) groups is 2. The third-order valence-corrected chi connectivity index (χ3v) is 3.69. The van der Waals surface area contributed by atoms with Gasteiger partial charge in [0.1, 0.15) is 11.4 Å². The Balaban J connectivity index is 2.38. The number of nitrogens with zero attached hydrogens (tertiary/aromatic N) is 2. The zero-order valence-electron chi connectivity index (χ0n) is 11.8. The van der Waals surface area contributed by atoms with Gasteiger partial charge in [-0.2, -0.15) is 0 Å². The zero-order chi connectivity index (χ0) is 15.1. The van der Waals surface area contributed by atoms with Crippen molar-refractivity contribution < 1.29 is 14.0 Å². The van der Waals surface area contributed by atoms with Crippen molar-refractivity contribution in [2.45, 2.75) is 19.4 Å². The molecule has 1 heterocycles. The molecule has 1 aromatic rings. The molecule has 0 unspecified atom stereocenters. The lowest BCUT2D eigenvalue weighted by atomic mass is 9.96. The summed E-state index contributed by atoms with van der Waals surface area (Å²) < 4.78 is 13.3. The number of rotatable bonds is 1. The third-order valence-electron chi connectivity index (χ3n) is 3.69. The van der Waals surface area contributed by atoms with Crippen molar-refractivity contribution in [2.75, 3.05) is 25.9 Å². The van der Waals surface area contributed by atoms with Crippen molar-refractivity contribution in [3.8, 4) is 0 Å². The first-order chi connectivity index (χ1) is 9.25. The van der Waals surface area contributed by atoms with Gasteiger partial charge in [-0.3, -0.25) is 9.59 Å². The van der Waals surface area contributed by atoms with Gasteiger partial charge in [-0.25, -0.2) is 4.39 Å². The molecule has 1 fully saturated rings. The molecule has 1 saturated heterocycles. The summed E-state index contributed by atoms with van der Waals surface area (Å²) in [7, 11) is 1.70. The maximum Gasteiger partial charge on any atom is 0.256 e. The van der Waals surface area contributed by atoms with E-state index in [1.807, 2.05) is 0 Å². The Labute approximate surface area is 117 Å². The summed E-state index contributed by atoms with van der Waals surface area (Å²) >= 11 is 0. The summed E-state index contributed by atoms with van der Waals surface area (Å²) in [6.07, 6.45) is 0. The predicted octanol–water partition coefficient (Wildman–Crippen LogP) is 1.10. The van der Waals surface area contributed by atoms with Crippen molar-refractivity contribution in [3.05, 3.63) is 29.6 Å². The Morgan fingerprint density at radius 3 is 2.65 bits per heavy atom. The Kier molecular flexibility index (Phi) is 3.41. The van der Waals surface area contributed by atoms with Gasteiger partial charge in [0.2, 0.25) is 5.91 Å². The van der Waals surface area contributed by atoms with Crippen LogP contribution in [0.3, 0.4) is 0 Å². The molecule has 1 aliphatic rings. The van der Waals surface area contributed by atoms with E-state index in [2.05, 4.69) is 0 Å². The highest BCUT2D eigenvalue weighted by atomic mass is 19.1. The summed E-state index contributed by atoms with van der Waals surface area (Å²) in [5.41, 5.74) is 5.07. The quantitative estimate of drug-likeness (QED) is 0.783. The number of nitrogen functional groups attached to an aromatic ring is 1. The first kappa shape index (κ1) is 14.3. The van der Waals surface area contributed by atoms with E-state index >= 15 is 0 Å². The third kappa shape index (κ3) is 2.21. The standard InChI is InChI=1S/C14H18FN3O2/c1-14(2)13(20)17(3)6-7-18(14)12(19)10-8-9(15)4-5-11(10)16/h4-5,8H,6-7,16H2,1-3H3. The molecule has 2 N–H and O–H groups in total. The fourth-order valence-electron chi connectivity index (χ4n) is 2.43. The Hall–Kier alpha value is -2.11. The van der Waals surface area contributed by atoms with Crippen LogP contribution in [-0.4, -0.2) is 47.3 Å². The molecular formula is C14H18FN3O2. The van der Waals surface area contributed by atoms with Crippen LogP contribution in [0.5, 0.6) is 0 Å². The highest BCUT2D eigenvalue weighted by Gasteiger charge is 2.43. The van der Waals surface area contributed by atoms with Gasteiger partial charge in [-0.1, -0.05) is 0 Å². The minimum Gasteiger partial charge on any atom is -0.398 e. The molecule has 20 heavy (non-hydrogen) atoms. The minimum absolute atomic E-state index is 0.0930. The lowest BCUT2D eigenvalue weighted by Gasteiger charge is -2.44. The van der Waals surface area contributed by atoms with Gasteiger partial charge in [0.05, 0.1) is 5.56 Å². The van der Waals surface area contributed by atoms with Crippen LogP contribution < -0.4 is 5.73 Å². The second-order valence-corrected chi connectivity index (χ2v) is 5.47. The molecule has 0 aliphatic carbocycles. The first-order valence-corrected chi connectivity index (χ1v) is 6.37. The van der Waals surface area contributed by atoms with E-state index in [4.69, 9.17) is 5.73 Å². The molecule has 0 aromatic heterocycles. The molecule has 0 atom stereocenters. The number of benzene rings is 1. The van der Waals surface area contributed by atoms with Crippen molar-refractivity contribution >= 4 is 17.5 Å². The number of nitrogens with two attached hydrogens (primary N) is 1.